The molecule has 1 heterocycles. The Labute approximate surface area is 106 Å². The predicted octanol–water partition coefficient (Wildman–Crippen LogP) is 3.42. The van der Waals surface area contributed by atoms with Crippen molar-refractivity contribution in [2.75, 3.05) is 7.11 Å². The maximum Gasteiger partial charge on any atom is 0.122 e. The Kier molecular flexibility index (Phi) is 3.50. The molecule has 2 aromatic rings. The second kappa shape index (κ2) is 4.90. The first kappa shape index (κ1) is 12.1. The molecule has 0 aliphatic rings. The second-order valence-corrected chi connectivity index (χ2v) is 5.47. The number of rotatable bonds is 3. The molecule has 1 aromatic heterocycles. The molecular formula is C14H17NOS. The fourth-order valence-electron chi connectivity index (χ4n) is 1.81. The standard InChI is InChI=1S/C14H17NOS/c1-9-4-6-11(8-12(9)16-3)14(15)13-7-5-10(2)17-13/h4-8,14H,15H2,1-3H3. The third-order valence-electron chi connectivity index (χ3n) is 2.86. The van der Waals surface area contributed by atoms with E-state index in [9.17, 15) is 0 Å². The van der Waals surface area contributed by atoms with Gasteiger partial charge in [0, 0.05) is 9.75 Å². The highest BCUT2D eigenvalue weighted by molar-refractivity contribution is 7.12. The average Bonchev–Trinajstić information content (AvgIpc) is 2.75. The lowest BCUT2D eigenvalue weighted by molar-refractivity contribution is 0.411. The SMILES string of the molecule is COc1cc(C(N)c2ccc(C)s2)ccc1C. The summed E-state index contributed by atoms with van der Waals surface area (Å²) >= 11 is 1.74. The van der Waals surface area contributed by atoms with E-state index in [2.05, 4.69) is 31.2 Å². The topological polar surface area (TPSA) is 35.2 Å². The normalized spacial score (nSPS) is 12.5. The lowest BCUT2D eigenvalue weighted by Gasteiger charge is -2.13. The Morgan fingerprint density at radius 1 is 1.18 bits per heavy atom. The smallest absolute Gasteiger partial charge is 0.122 e. The molecule has 0 aliphatic heterocycles. The van der Waals surface area contributed by atoms with Crippen molar-refractivity contribution < 1.29 is 4.74 Å². The maximum atomic E-state index is 6.26. The molecule has 1 unspecified atom stereocenters. The minimum absolute atomic E-state index is 0.0665. The van der Waals surface area contributed by atoms with Gasteiger partial charge in [0.1, 0.15) is 5.75 Å². The van der Waals surface area contributed by atoms with Gasteiger partial charge < -0.3 is 10.5 Å². The summed E-state index contributed by atoms with van der Waals surface area (Å²) in [6, 6.07) is 10.3. The number of aryl methyl sites for hydroxylation is 2. The van der Waals surface area contributed by atoms with Crippen molar-refractivity contribution in [2.24, 2.45) is 5.73 Å². The van der Waals surface area contributed by atoms with E-state index in [1.165, 1.54) is 9.75 Å². The first-order valence-corrected chi connectivity index (χ1v) is 6.40. The molecule has 1 aromatic carbocycles. The third kappa shape index (κ3) is 2.51. The zero-order chi connectivity index (χ0) is 12.4. The van der Waals surface area contributed by atoms with Crippen LogP contribution < -0.4 is 10.5 Å². The van der Waals surface area contributed by atoms with Crippen molar-refractivity contribution in [1.82, 2.24) is 0 Å². The Morgan fingerprint density at radius 3 is 2.53 bits per heavy atom. The van der Waals surface area contributed by atoms with Crippen molar-refractivity contribution in [3.8, 4) is 5.75 Å². The molecule has 0 radical (unpaired) electrons. The van der Waals surface area contributed by atoms with Gasteiger partial charge in [-0.15, -0.1) is 11.3 Å². The highest BCUT2D eigenvalue weighted by atomic mass is 32.1. The van der Waals surface area contributed by atoms with Gasteiger partial charge in [0.2, 0.25) is 0 Å². The van der Waals surface area contributed by atoms with Crippen LogP contribution in [-0.2, 0) is 0 Å². The summed E-state index contributed by atoms with van der Waals surface area (Å²) in [5.41, 5.74) is 8.48. The number of thiophene rings is 1. The fraction of sp³-hybridized carbons (Fsp3) is 0.286. The van der Waals surface area contributed by atoms with Crippen LogP contribution in [0, 0.1) is 13.8 Å². The molecule has 0 amide bonds. The van der Waals surface area contributed by atoms with Crippen LogP contribution in [0.15, 0.2) is 30.3 Å². The minimum Gasteiger partial charge on any atom is -0.496 e. The van der Waals surface area contributed by atoms with E-state index in [-0.39, 0.29) is 6.04 Å². The van der Waals surface area contributed by atoms with E-state index < -0.39 is 0 Å². The summed E-state index contributed by atoms with van der Waals surface area (Å²) in [6.45, 7) is 4.13. The molecule has 0 spiro atoms. The van der Waals surface area contributed by atoms with Crippen LogP contribution in [-0.4, -0.2) is 7.11 Å². The molecule has 0 fully saturated rings. The molecule has 2 N–H and O–H groups in total. The van der Waals surface area contributed by atoms with Crippen molar-refractivity contribution in [1.29, 1.82) is 0 Å². The highest BCUT2D eigenvalue weighted by Crippen LogP contribution is 2.29. The summed E-state index contributed by atoms with van der Waals surface area (Å²) in [4.78, 5) is 2.47. The minimum atomic E-state index is -0.0665. The number of ether oxygens (including phenoxy) is 1. The number of hydrogen-bond acceptors (Lipinski definition) is 3. The van der Waals surface area contributed by atoms with Crippen LogP contribution >= 0.6 is 11.3 Å². The molecule has 1 atom stereocenters. The van der Waals surface area contributed by atoms with E-state index >= 15 is 0 Å². The molecule has 2 rings (SSSR count). The molecule has 90 valence electrons. The molecule has 0 saturated carbocycles. The Bertz CT molecular complexity index is 519. The van der Waals surface area contributed by atoms with E-state index in [1.54, 1.807) is 18.4 Å². The lowest BCUT2D eigenvalue weighted by atomic mass is 10.0. The summed E-state index contributed by atoms with van der Waals surface area (Å²) in [7, 11) is 1.69. The molecular weight excluding hydrogens is 230 g/mol. The van der Waals surface area contributed by atoms with Crippen molar-refractivity contribution in [2.45, 2.75) is 19.9 Å². The van der Waals surface area contributed by atoms with Gasteiger partial charge in [0.15, 0.2) is 0 Å². The number of hydrogen-bond donors (Lipinski definition) is 1. The number of methoxy groups -OCH3 is 1. The Hall–Kier alpha value is -1.32. The molecule has 0 bridgehead atoms. The van der Waals surface area contributed by atoms with Crippen molar-refractivity contribution in [3.63, 3.8) is 0 Å². The van der Waals surface area contributed by atoms with Gasteiger partial charge in [0.05, 0.1) is 13.2 Å². The highest BCUT2D eigenvalue weighted by Gasteiger charge is 2.12. The average molecular weight is 247 g/mol. The number of benzene rings is 1. The monoisotopic (exact) mass is 247 g/mol. The van der Waals surface area contributed by atoms with Gasteiger partial charge in [-0.3, -0.25) is 0 Å². The van der Waals surface area contributed by atoms with Crippen molar-refractivity contribution in [3.05, 3.63) is 51.2 Å². The fourth-order valence-corrected chi connectivity index (χ4v) is 2.72. The van der Waals surface area contributed by atoms with Crippen LogP contribution in [0.3, 0.4) is 0 Å². The summed E-state index contributed by atoms with van der Waals surface area (Å²) in [5.74, 6) is 0.895. The first-order valence-electron chi connectivity index (χ1n) is 5.58. The zero-order valence-electron chi connectivity index (χ0n) is 10.4. The van der Waals surface area contributed by atoms with Crippen molar-refractivity contribution >= 4 is 11.3 Å². The van der Waals surface area contributed by atoms with Crippen LogP contribution in [0.1, 0.15) is 26.9 Å². The summed E-state index contributed by atoms with van der Waals surface area (Å²) in [5, 5.41) is 0. The lowest BCUT2D eigenvalue weighted by Crippen LogP contribution is -2.10. The van der Waals surface area contributed by atoms with Crippen LogP contribution in [0.4, 0.5) is 0 Å². The largest absolute Gasteiger partial charge is 0.496 e. The predicted molar refractivity (Wildman–Crippen MR) is 72.8 cm³/mol. The summed E-state index contributed by atoms with van der Waals surface area (Å²) < 4.78 is 5.32. The van der Waals surface area contributed by atoms with Gasteiger partial charge in [-0.05, 0) is 43.2 Å². The van der Waals surface area contributed by atoms with E-state index in [1.807, 2.05) is 13.0 Å². The third-order valence-corrected chi connectivity index (χ3v) is 3.94. The van der Waals surface area contributed by atoms with Gasteiger partial charge >= 0.3 is 0 Å². The van der Waals surface area contributed by atoms with Gasteiger partial charge in [-0.2, -0.15) is 0 Å². The number of nitrogens with two attached hydrogens (primary N) is 1. The van der Waals surface area contributed by atoms with E-state index in [4.69, 9.17) is 10.5 Å². The quantitative estimate of drug-likeness (QED) is 0.902. The Balaban J connectivity index is 2.34. The van der Waals surface area contributed by atoms with Crippen LogP contribution in [0.2, 0.25) is 0 Å². The van der Waals surface area contributed by atoms with Gasteiger partial charge in [0.25, 0.3) is 0 Å². The van der Waals surface area contributed by atoms with E-state index in [0.29, 0.717) is 0 Å². The van der Waals surface area contributed by atoms with Gasteiger partial charge in [-0.1, -0.05) is 12.1 Å². The second-order valence-electron chi connectivity index (χ2n) is 4.16. The molecule has 0 aliphatic carbocycles. The Morgan fingerprint density at radius 2 is 1.94 bits per heavy atom. The molecule has 2 nitrogen and oxygen atoms in total. The first-order chi connectivity index (χ1) is 8.11. The van der Waals surface area contributed by atoms with Crippen LogP contribution in [0.25, 0.3) is 0 Å². The van der Waals surface area contributed by atoms with Crippen LogP contribution in [0.5, 0.6) is 5.75 Å². The maximum absolute atomic E-state index is 6.26. The molecule has 17 heavy (non-hydrogen) atoms. The van der Waals surface area contributed by atoms with Gasteiger partial charge in [-0.25, -0.2) is 0 Å². The zero-order valence-corrected chi connectivity index (χ0v) is 11.2. The van der Waals surface area contributed by atoms with E-state index in [0.717, 1.165) is 16.9 Å². The summed E-state index contributed by atoms with van der Waals surface area (Å²) in [6.07, 6.45) is 0. The molecule has 0 saturated heterocycles. The molecule has 3 heteroatoms.